The van der Waals surface area contributed by atoms with Gasteiger partial charge >= 0.3 is 6.18 Å². The van der Waals surface area contributed by atoms with Gasteiger partial charge in [-0.25, -0.2) is 4.39 Å². The number of aromatic nitrogens is 2. The maximum absolute atomic E-state index is 14.7. The number of amides is 4. The van der Waals surface area contributed by atoms with Crippen LogP contribution in [0.25, 0.3) is 10.9 Å². The predicted molar refractivity (Wildman–Crippen MR) is 200 cm³/mol. The zero-order valence-electron chi connectivity index (χ0n) is 31.4. The Morgan fingerprint density at radius 2 is 1.60 bits per heavy atom. The van der Waals surface area contributed by atoms with Gasteiger partial charge in [-0.2, -0.15) is 13.2 Å². The number of H-pyrrole nitrogens is 1. The van der Waals surface area contributed by atoms with Crippen LogP contribution in [0, 0.1) is 17.7 Å². The number of benzene rings is 2. The Morgan fingerprint density at radius 3 is 2.27 bits per heavy atom. The van der Waals surface area contributed by atoms with Gasteiger partial charge in [-0.3, -0.25) is 24.2 Å². The van der Waals surface area contributed by atoms with Crippen molar-refractivity contribution in [3.8, 4) is 0 Å². The molecule has 0 saturated heterocycles. The molecule has 5 atom stereocenters. The number of fused-ring (bicyclic) bond motifs is 3. The van der Waals surface area contributed by atoms with E-state index in [4.69, 9.17) is 0 Å². The second-order valence-electron chi connectivity index (χ2n) is 14.6. The molecule has 1 aliphatic rings. The lowest BCUT2D eigenvalue weighted by molar-refractivity contribution is -0.137. The molecule has 2 aromatic carbocycles. The average molecular weight is 765 g/mol. The molecule has 0 bridgehead atoms. The van der Waals surface area contributed by atoms with Crippen LogP contribution < -0.4 is 21.3 Å². The molecule has 14 heteroatoms. The van der Waals surface area contributed by atoms with Crippen molar-refractivity contribution in [3.63, 3.8) is 0 Å². The molecular formula is C41H48F4N6O4. The van der Waals surface area contributed by atoms with E-state index in [0.29, 0.717) is 24.1 Å². The topological polar surface area (TPSA) is 145 Å². The molecule has 5 N–H and O–H groups in total. The minimum absolute atomic E-state index is 0.0315. The number of para-hydroxylation sites is 1. The van der Waals surface area contributed by atoms with E-state index in [9.17, 15) is 36.7 Å². The minimum atomic E-state index is -4.63. The molecule has 0 aliphatic heterocycles. The summed E-state index contributed by atoms with van der Waals surface area (Å²) in [6.07, 6.45) is -0.526. The Hall–Kier alpha value is -5.27. The smallest absolute Gasteiger partial charge is 0.358 e. The highest BCUT2D eigenvalue weighted by Crippen LogP contribution is 2.40. The molecule has 0 saturated carbocycles. The Bertz CT molecular complexity index is 2000. The average Bonchev–Trinajstić information content (AvgIpc) is 3.53. The van der Waals surface area contributed by atoms with Crippen LogP contribution in [0.3, 0.4) is 0 Å². The van der Waals surface area contributed by atoms with Gasteiger partial charge in [0.15, 0.2) is 0 Å². The summed E-state index contributed by atoms with van der Waals surface area (Å²) in [6, 6.07) is 11.5. The molecule has 5 rings (SSSR count). The second kappa shape index (κ2) is 17.5. The van der Waals surface area contributed by atoms with E-state index in [1.807, 2.05) is 20.8 Å². The number of aryl methyl sites for hydroxylation is 1. The number of pyridine rings is 1. The zero-order chi connectivity index (χ0) is 39.9. The van der Waals surface area contributed by atoms with Crippen LogP contribution in [0.2, 0.25) is 0 Å². The van der Waals surface area contributed by atoms with Gasteiger partial charge in [-0.15, -0.1) is 0 Å². The molecule has 4 amide bonds. The number of alkyl halides is 3. The van der Waals surface area contributed by atoms with Crippen molar-refractivity contribution in [2.75, 3.05) is 6.54 Å². The highest BCUT2D eigenvalue weighted by Gasteiger charge is 2.47. The van der Waals surface area contributed by atoms with E-state index >= 15 is 0 Å². The van der Waals surface area contributed by atoms with Crippen LogP contribution in [0.1, 0.15) is 74.9 Å². The largest absolute Gasteiger partial charge is 0.418 e. The van der Waals surface area contributed by atoms with Gasteiger partial charge in [0, 0.05) is 42.5 Å². The molecule has 4 aromatic rings. The maximum atomic E-state index is 14.7. The Labute approximate surface area is 317 Å². The van der Waals surface area contributed by atoms with E-state index in [0.717, 1.165) is 11.6 Å². The highest BCUT2D eigenvalue weighted by atomic mass is 19.4. The van der Waals surface area contributed by atoms with Crippen LogP contribution in [0.4, 0.5) is 17.6 Å². The SMILES string of the molecule is CCC(C)[C@H](NC(=O)Cc1ccccc1F)C(=O)N[C@]1(C(=O)NC(CNC(=O)Cc2ccncc2)[C@@H](C)CC)CCc2[nH]c3c(C(F)(F)F)cccc3c2C1. The van der Waals surface area contributed by atoms with Crippen molar-refractivity contribution >= 4 is 34.5 Å². The first-order valence-electron chi connectivity index (χ1n) is 18.7. The third kappa shape index (κ3) is 9.70. The van der Waals surface area contributed by atoms with Crippen LogP contribution >= 0.6 is 0 Å². The van der Waals surface area contributed by atoms with Crippen molar-refractivity contribution in [1.82, 2.24) is 31.2 Å². The first kappa shape index (κ1) is 40.9. The van der Waals surface area contributed by atoms with E-state index in [1.165, 1.54) is 24.3 Å². The number of aromatic amines is 1. The summed E-state index contributed by atoms with van der Waals surface area (Å²) < 4.78 is 56.6. The molecule has 2 heterocycles. The number of nitrogens with zero attached hydrogens (tertiary/aromatic N) is 1. The summed E-state index contributed by atoms with van der Waals surface area (Å²) in [5.74, 6) is -3.17. The lowest BCUT2D eigenvalue weighted by Crippen LogP contribution is -2.66. The van der Waals surface area contributed by atoms with Gasteiger partial charge < -0.3 is 26.3 Å². The molecule has 10 nitrogen and oxygen atoms in total. The number of hydrogen-bond donors (Lipinski definition) is 5. The first-order valence-corrected chi connectivity index (χ1v) is 18.7. The molecule has 55 heavy (non-hydrogen) atoms. The number of hydrogen-bond acceptors (Lipinski definition) is 5. The first-order chi connectivity index (χ1) is 26.2. The quantitative estimate of drug-likeness (QED) is 0.0984. The Kier molecular flexibility index (Phi) is 13.0. The van der Waals surface area contributed by atoms with Crippen molar-refractivity contribution in [1.29, 1.82) is 0 Å². The summed E-state index contributed by atoms with van der Waals surface area (Å²) in [7, 11) is 0. The summed E-state index contributed by atoms with van der Waals surface area (Å²) in [6.45, 7) is 7.56. The molecule has 2 unspecified atom stereocenters. The molecular weight excluding hydrogens is 716 g/mol. The second-order valence-corrected chi connectivity index (χ2v) is 14.6. The fourth-order valence-electron chi connectivity index (χ4n) is 7.08. The standard InChI is InChI=1S/C41H48F4N6O4/c1-5-24(3)33(23-47-34(52)20-26-15-18-46-19-16-26)49-39(55)40(17-14-32-29(22-40)28-11-9-12-30(37(28)48-32)41(43,44)45)51-38(54)36(25(4)6-2)50-35(53)21-27-10-7-8-13-31(27)42/h7-13,15-16,18-19,24-25,33,36,48H,5-6,14,17,20-23H2,1-4H3,(H,47,52)(H,49,55)(H,50,53)(H,51,54)/t24-,25?,33?,36-,40+/m0/s1. The van der Waals surface area contributed by atoms with E-state index in [2.05, 4.69) is 31.2 Å². The summed E-state index contributed by atoms with van der Waals surface area (Å²) in [5, 5.41) is 12.0. The van der Waals surface area contributed by atoms with Crippen molar-refractivity contribution in [2.24, 2.45) is 11.8 Å². The predicted octanol–water partition coefficient (Wildman–Crippen LogP) is 5.73. The van der Waals surface area contributed by atoms with Crippen molar-refractivity contribution in [2.45, 2.75) is 96.4 Å². The minimum Gasteiger partial charge on any atom is -0.358 e. The normalized spacial score (nSPS) is 17.7. The number of halogens is 4. The lowest BCUT2D eigenvalue weighted by atomic mass is 9.78. The molecule has 0 radical (unpaired) electrons. The Balaban J connectivity index is 1.46. The van der Waals surface area contributed by atoms with Gasteiger partial charge in [0.05, 0.1) is 23.9 Å². The van der Waals surface area contributed by atoms with E-state index < -0.39 is 58.8 Å². The number of carbonyl (C=O) groups is 4. The van der Waals surface area contributed by atoms with Crippen LogP contribution in [0.5, 0.6) is 0 Å². The molecule has 2 aromatic heterocycles. The van der Waals surface area contributed by atoms with Crippen molar-refractivity contribution in [3.05, 3.63) is 101 Å². The van der Waals surface area contributed by atoms with E-state index in [1.54, 1.807) is 43.6 Å². The van der Waals surface area contributed by atoms with Crippen molar-refractivity contribution < 1.29 is 36.7 Å². The van der Waals surface area contributed by atoms with Gasteiger partial charge in [0.1, 0.15) is 17.4 Å². The highest BCUT2D eigenvalue weighted by molar-refractivity contribution is 5.97. The van der Waals surface area contributed by atoms with Gasteiger partial charge in [-0.05, 0) is 65.6 Å². The monoisotopic (exact) mass is 764 g/mol. The van der Waals surface area contributed by atoms with Crippen LogP contribution in [0.15, 0.2) is 67.0 Å². The number of rotatable bonds is 15. The molecule has 1 aliphatic carbocycles. The number of nitrogens with one attached hydrogen (secondary N) is 5. The lowest BCUT2D eigenvalue weighted by Gasteiger charge is -2.40. The molecule has 0 spiro atoms. The third-order valence-electron chi connectivity index (χ3n) is 10.8. The Morgan fingerprint density at radius 1 is 0.891 bits per heavy atom. The fraction of sp³-hybridized carbons (Fsp3) is 0.439. The van der Waals surface area contributed by atoms with Crippen LogP contribution in [-0.2, 0) is 51.0 Å². The van der Waals surface area contributed by atoms with Crippen LogP contribution in [-0.4, -0.2) is 57.8 Å². The fourth-order valence-corrected chi connectivity index (χ4v) is 7.08. The summed E-state index contributed by atoms with van der Waals surface area (Å²) in [4.78, 5) is 62.1. The van der Waals surface area contributed by atoms with Gasteiger partial charge in [0.2, 0.25) is 23.6 Å². The molecule has 294 valence electrons. The van der Waals surface area contributed by atoms with Gasteiger partial charge in [0.25, 0.3) is 0 Å². The summed E-state index contributed by atoms with van der Waals surface area (Å²) >= 11 is 0. The number of carbonyl (C=O) groups excluding carboxylic acids is 4. The van der Waals surface area contributed by atoms with Gasteiger partial charge in [-0.1, -0.05) is 70.9 Å². The molecule has 0 fully saturated rings. The third-order valence-corrected chi connectivity index (χ3v) is 10.8. The summed E-state index contributed by atoms with van der Waals surface area (Å²) in [5.41, 5.74) is -0.675. The zero-order valence-corrected chi connectivity index (χ0v) is 31.4. The maximum Gasteiger partial charge on any atom is 0.418 e. The van der Waals surface area contributed by atoms with E-state index in [-0.39, 0.29) is 66.9 Å².